The topological polar surface area (TPSA) is 66.4 Å². The van der Waals surface area contributed by atoms with E-state index >= 15 is 0 Å². The highest BCUT2D eigenvalue weighted by atomic mass is 16.1. The molecule has 0 N–H and O–H groups in total. The lowest BCUT2D eigenvalue weighted by atomic mass is 10.1. The molecule has 15 heavy (non-hydrogen) atoms. The smallest absolute Gasteiger partial charge is 0.328 e. The Kier molecular flexibility index (Phi) is 2.35. The van der Waals surface area contributed by atoms with Crippen LogP contribution in [0.25, 0.3) is 16.4 Å². The van der Waals surface area contributed by atoms with Crippen LogP contribution in [0.2, 0.25) is 0 Å². The Balaban J connectivity index is 2.56. The second-order valence-electron chi connectivity index (χ2n) is 3.02. The van der Waals surface area contributed by atoms with Gasteiger partial charge in [-0.25, -0.2) is 0 Å². The van der Waals surface area contributed by atoms with Crippen molar-refractivity contribution in [3.8, 4) is 0 Å². The molecule has 0 bridgehead atoms. The van der Waals surface area contributed by atoms with E-state index in [1.165, 1.54) is 0 Å². The summed E-state index contributed by atoms with van der Waals surface area (Å²) >= 11 is 0. The molecular formula is C11H7N3O. The maximum Gasteiger partial charge on any atom is 0.328 e. The van der Waals surface area contributed by atoms with Crippen molar-refractivity contribution in [1.82, 2.24) is 4.98 Å². The van der Waals surface area contributed by atoms with Crippen molar-refractivity contribution in [2.24, 2.45) is 0 Å². The summed E-state index contributed by atoms with van der Waals surface area (Å²) in [5.41, 5.74) is 9.56. The first-order valence-corrected chi connectivity index (χ1v) is 4.38. The van der Waals surface area contributed by atoms with Gasteiger partial charge in [0.05, 0.1) is 5.52 Å². The van der Waals surface area contributed by atoms with Crippen LogP contribution in [0.5, 0.6) is 0 Å². The Morgan fingerprint density at radius 2 is 2.27 bits per heavy atom. The van der Waals surface area contributed by atoms with Crippen LogP contribution in [0.4, 0.5) is 0 Å². The quantitative estimate of drug-likeness (QED) is 0.318. The summed E-state index contributed by atoms with van der Waals surface area (Å²) in [7, 11) is 0. The molecule has 0 amide bonds. The predicted molar refractivity (Wildman–Crippen MR) is 55.8 cm³/mol. The molecule has 0 atom stereocenters. The van der Waals surface area contributed by atoms with Crippen molar-refractivity contribution >= 4 is 22.9 Å². The van der Waals surface area contributed by atoms with Gasteiger partial charge in [-0.3, -0.25) is 9.78 Å². The van der Waals surface area contributed by atoms with Gasteiger partial charge in [-0.05, 0) is 24.3 Å². The van der Waals surface area contributed by atoms with Gasteiger partial charge < -0.3 is 5.53 Å². The Hall–Kier alpha value is -2.32. The highest BCUT2D eigenvalue weighted by Crippen LogP contribution is 2.13. The van der Waals surface area contributed by atoms with E-state index in [0.717, 1.165) is 17.1 Å². The van der Waals surface area contributed by atoms with E-state index in [-0.39, 0.29) is 5.78 Å². The summed E-state index contributed by atoms with van der Waals surface area (Å²) in [5, 5.41) is 0.884. The number of benzene rings is 1. The zero-order valence-corrected chi connectivity index (χ0v) is 7.79. The minimum atomic E-state index is -0.330. The summed E-state index contributed by atoms with van der Waals surface area (Å²) in [6.07, 6.45) is 2.57. The molecule has 0 aliphatic carbocycles. The largest absolute Gasteiger partial charge is 0.361 e. The first-order chi connectivity index (χ1) is 7.31. The van der Waals surface area contributed by atoms with Crippen LogP contribution in [0.1, 0.15) is 10.4 Å². The van der Waals surface area contributed by atoms with Crippen molar-refractivity contribution in [3.05, 3.63) is 47.6 Å². The molecule has 72 valence electrons. The van der Waals surface area contributed by atoms with Crippen molar-refractivity contribution in [1.29, 1.82) is 0 Å². The van der Waals surface area contributed by atoms with Crippen LogP contribution in [0.3, 0.4) is 0 Å². The molecule has 0 saturated heterocycles. The number of nitrogens with zero attached hydrogens (tertiary/aromatic N) is 3. The van der Waals surface area contributed by atoms with Crippen LogP contribution in [0, 0.1) is 0 Å². The molecule has 0 saturated carbocycles. The van der Waals surface area contributed by atoms with E-state index < -0.39 is 0 Å². The van der Waals surface area contributed by atoms with E-state index in [2.05, 4.69) is 9.77 Å². The fourth-order valence-corrected chi connectivity index (χ4v) is 1.36. The summed E-state index contributed by atoms with van der Waals surface area (Å²) in [6, 6.07) is 8.80. The van der Waals surface area contributed by atoms with Crippen LogP contribution in [0.15, 0.2) is 36.5 Å². The van der Waals surface area contributed by atoms with E-state index in [1.54, 1.807) is 30.5 Å². The summed E-state index contributed by atoms with van der Waals surface area (Å²) in [5.74, 6) is -0.330. The second-order valence-corrected chi connectivity index (χ2v) is 3.02. The molecule has 4 nitrogen and oxygen atoms in total. The Morgan fingerprint density at radius 3 is 3.07 bits per heavy atom. The number of rotatable bonds is 2. The fraction of sp³-hybridized carbons (Fsp3) is 0. The normalized spacial score (nSPS) is 9.60. The minimum absolute atomic E-state index is 0.330. The lowest BCUT2D eigenvalue weighted by Crippen LogP contribution is -2.00. The molecule has 1 heterocycles. The molecule has 0 spiro atoms. The van der Waals surface area contributed by atoms with Crippen LogP contribution >= 0.6 is 0 Å². The van der Waals surface area contributed by atoms with Gasteiger partial charge in [0.25, 0.3) is 5.78 Å². The number of carbonyl (C=O) groups excluding carboxylic acids is 1. The SMILES string of the molecule is [N-]=[N+]=CC(=O)c1ccc2ncccc2c1. The molecule has 0 aliphatic heterocycles. The summed E-state index contributed by atoms with van der Waals surface area (Å²) < 4.78 is 0. The third kappa shape index (κ3) is 1.80. The predicted octanol–water partition coefficient (Wildman–Crippen LogP) is 1.72. The van der Waals surface area contributed by atoms with E-state index in [9.17, 15) is 4.79 Å². The van der Waals surface area contributed by atoms with Gasteiger partial charge in [0.15, 0.2) is 0 Å². The van der Waals surface area contributed by atoms with Crippen molar-refractivity contribution < 1.29 is 9.58 Å². The average molecular weight is 197 g/mol. The molecule has 1 aromatic carbocycles. The molecule has 4 heteroatoms. The lowest BCUT2D eigenvalue weighted by molar-refractivity contribution is 0.00235. The Bertz CT molecular complexity index is 571. The average Bonchev–Trinajstić information content (AvgIpc) is 2.29. The van der Waals surface area contributed by atoms with Gasteiger partial charge in [0.2, 0.25) is 0 Å². The van der Waals surface area contributed by atoms with E-state index in [0.29, 0.717) is 5.56 Å². The standard InChI is InChI=1S/C11H7N3O/c12-14-7-11(15)9-3-4-10-8(6-9)2-1-5-13-10/h1-7H. The van der Waals surface area contributed by atoms with Gasteiger partial charge in [0, 0.05) is 17.1 Å². The van der Waals surface area contributed by atoms with Crippen LogP contribution < -0.4 is 0 Å². The number of aromatic nitrogens is 1. The highest BCUT2D eigenvalue weighted by molar-refractivity contribution is 6.33. The Labute approximate surface area is 85.8 Å². The number of ketones is 1. The Morgan fingerprint density at radius 1 is 1.40 bits per heavy atom. The second kappa shape index (κ2) is 3.82. The maximum atomic E-state index is 11.4. The van der Waals surface area contributed by atoms with Crippen LogP contribution in [-0.2, 0) is 0 Å². The van der Waals surface area contributed by atoms with Gasteiger partial charge in [0.1, 0.15) is 0 Å². The van der Waals surface area contributed by atoms with E-state index in [4.69, 9.17) is 5.53 Å². The van der Waals surface area contributed by atoms with Gasteiger partial charge in [-0.1, -0.05) is 6.07 Å². The third-order valence-corrected chi connectivity index (χ3v) is 2.06. The molecule has 2 aromatic rings. The molecule has 0 radical (unpaired) electrons. The number of hydrogen-bond donors (Lipinski definition) is 0. The van der Waals surface area contributed by atoms with Gasteiger partial charge in [-0.2, -0.15) is 4.79 Å². The number of fused-ring (bicyclic) bond motifs is 1. The molecule has 2 rings (SSSR count). The minimum Gasteiger partial charge on any atom is -0.361 e. The van der Waals surface area contributed by atoms with Gasteiger partial charge >= 0.3 is 6.21 Å². The maximum absolute atomic E-state index is 11.4. The van der Waals surface area contributed by atoms with Crippen molar-refractivity contribution in [2.45, 2.75) is 0 Å². The molecule has 1 aromatic heterocycles. The fourth-order valence-electron chi connectivity index (χ4n) is 1.36. The third-order valence-electron chi connectivity index (χ3n) is 2.06. The molecule has 0 aliphatic rings. The molecular weight excluding hydrogens is 190 g/mol. The number of pyridine rings is 1. The highest BCUT2D eigenvalue weighted by Gasteiger charge is 2.07. The van der Waals surface area contributed by atoms with Gasteiger partial charge in [-0.15, -0.1) is 0 Å². The monoisotopic (exact) mass is 197 g/mol. The van der Waals surface area contributed by atoms with Crippen LogP contribution in [-0.4, -0.2) is 21.8 Å². The molecule has 0 fully saturated rings. The zero-order valence-electron chi connectivity index (χ0n) is 7.79. The van der Waals surface area contributed by atoms with Crippen molar-refractivity contribution in [3.63, 3.8) is 0 Å². The number of carbonyl (C=O) groups is 1. The lowest BCUT2D eigenvalue weighted by Gasteiger charge is -1.97. The number of hydrogen-bond acceptors (Lipinski definition) is 2. The molecule has 0 unspecified atom stereocenters. The first-order valence-electron chi connectivity index (χ1n) is 4.38. The zero-order chi connectivity index (χ0) is 10.7. The van der Waals surface area contributed by atoms with Crippen molar-refractivity contribution in [2.75, 3.05) is 0 Å². The summed E-state index contributed by atoms with van der Waals surface area (Å²) in [6.45, 7) is 0. The summed E-state index contributed by atoms with van der Waals surface area (Å²) in [4.78, 5) is 18.2. The number of Topliss-reactive ketones (excluding diaryl/α,β-unsaturated/α-hetero) is 1. The van der Waals surface area contributed by atoms with E-state index in [1.807, 2.05) is 6.07 Å². The first kappa shape index (κ1) is 9.24.